The van der Waals surface area contributed by atoms with Crippen molar-refractivity contribution in [3.63, 3.8) is 0 Å². The predicted octanol–water partition coefficient (Wildman–Crippen LogP) is -1.12. The fraction of sp³-hybridized carbons (Fsp3) is 0. The van der Waals surface area contributed by atoms with Gasteiger partial charge in [0.1, 0.15) is 18.1 Å². The number of halogens is 1. The molecule has 0 fully saturated rings. The molecular formula is C10H8ClN3S. The van der Waals surface area contributed by atoms with Gasteiger partial charge < -0.3 is 12.4 Å². The zero-order valence-electron chi connectivity index (χ0n) is 7.72. The van der Waals surface area contributed by atoms with Crippen LogP contribution in [0.1, 0.15) is 0 Å². The van der Waals surface area contributed by atoms with Gasteiger partial charge in [-0.1, -0.05) is 11.1 Å². The lowest BCUT2D eigenvalue weighted by molar-refractivity contribution is -0.512. The number of nitrogens with one attached hydrogen (secondary N) is 1. The fourth-order valence-electron chi connectivity index (χ4n) is 1.43. The normalized spacial score (nSPS) is 10.1. The van der Waals surface area contributed by atoms with Gasteiger partial charge in [-0.2, -0.15) is 0 Å². The van der Waals surface area contributed by atoms with E-state index in [1.807, 2.05) is 28.9 Å². The van der Waals surface area contributed by atoms with Crippen molar-refractivity contribution in [2.24, 2.45) is 0 Å². The van der Waals surface area contributed by atoms with Crippen LogP contribution >= 0.6 is 11.3 Å². The molecular weight excluding hydrogens is 230 g/mol. The monoisotopic (exact) mass is 237 g/mol. The van der Waals surface area contributed by atoms with E-state index in [1.54, 1.807) is 17.5 Å². The molecule has 76 valence electrons. The van der Waals surface area contributed by atoms with Crippen LogP contribution in [0.25, 0.3) is 16.3 Å². The van der Waals surface area contributed by atoms with E-state index < -0.39 is 0 Å². The van der Waals surface area contributed by atoms with E-state index >= 15 is 0 Å². The Morgan fingerprint density at radius 2 is 2.27 bits per heavy atom. The molecule has 5 heteroatoms. The van der Waals surface area contributed by atoms with Gasteiger partial charge >= 0.3 is 5.78 Å². The standard InChI is InChI=1S/C10H7N3S.ClH/c1-3-9(14-6-1)8-7-13-5-2-4-11-10(13)12-8;/h1-7H;1H. The van der Waals surface area contributed by atoms with Crippen LogP contribution in [0.15, 0.2) is 42.2 Å². The second-order valence-corrected chi connectivity index (χ2v) is 3.94. The van der Waals surface area contributed by atoms with Crippen molar-refractivity contribution in [2.75, 3.05) is 0 Å². The van der Waals surface area contributed by atoms with E-state index in [-0.39, 0.29) is 12.4 Å². The van der Waals surface area contributed by atoms with Gasteiger partial charge in [-0.05, 0) is 11.4 Å². The van der Waals surface area contributed by atoms with Crippen molar-refractivity contribution in [3.05, 3.63) is 42.2 Å². The molecule has 0 spiro atoms. The molecule has 0 saturated carbocycles. The van der Waals surface area contributed by atoms with E-state index in [9.17, 15) is 0 Å². The Morgan fingerprint density at radius 1 is 1.33 bits per heavy atom. The lowest BCUT2D eigenvalue weighted by Gasteiger charge is -1.81. The highest BCUT2D eigenvalue weighted by atomic mass is 35.5. The Labute approximate surface area is 96.8 Å². The zero-order chi connectivity index (χ0) is 9.38. The van der Waals surface area contributed by atoms with Crippen LogP contribution in [-0.4, -0.2) is 9.97 Å². The van der Waals surface area contributed by atoms with Crippen LogP contribution < -0.4 is 16.8 Å². The molecule has 15 heavy (non-hydrogen) atoms. The van der Waals surface area contributed by atoms with E-state index in [0.717, 1.165) is 11.5 Å². The summed E-state index contributed by atoms with van der Waals surface area (Å²) in [7, 11) is 0. The van der Waals surface area contributed by atoms with Crippen LogP contribution in [0.5, 0.6) is 0 Å². The van der Waals surface area contributed by atoms with E-state index in [0.29, 0.717) is 0 Å². The fourth-order valence-corrected chi connectivity index (χ4v) is 2.12. The first kappa shape index (κ1) is 10.1. The highest BCUT2D eigenvalue weighted by molar-refractivity contribution is 7.13. The summed E-state index contributed by atoms with van der Waals surface area (Å²) in [6, 6.07) is 6.05. The molecule has 0 aliphatic rings. The van der Waals surface area contributed by atoms with Crippen LogP contribution in [0, 0.1) is 0 Å². The number of aromatic amines is 1. The number of imidazole rings is 1. The van der Waals surface area contributed by atoms with E-state index in [1.165, 1.54) is 4.88 Å². The Hall–Kier alpha value is -1.39. The van der Waals surface area contributed by atoms with Crippen LogP contribution in [0.3, 0.4) is 0 Å². The minimum absolute atomic E-state index is 0. The van der Waals surface area contributed by atoms with Crippen molar-refractivity contribution in [2.45, 2.75) is 0 Å². The zero-order valence-corrected chi connectivity index (χ0v) is 9.29. The number of thiophene rings is 1. The maximum Gasteiger partial charge on any atom is 0.401 e. The second kappa shape index (κ2) is 4.00. The van der Waals surface area contributed by atoms with Gasteiger partial charge in [0.2, 0.25) is 0 Å². The summed E-state index contributed by atoms with van der Waals surface area (Å²) in [5.74, 6) is 0.871. The van der Waals surface area contributed by atoms with Crippen molar-refractivity contribution >= 4 is 17.1 Å². The largest absolute Gasteiger partial charge is 1.00 e. The Morgan fingerprint density at radius 3 is 3.00 bits per heavy atom. The molecule has 3 nitrogen and oxygen atoms in total. The SMILES string of the molecule is [Cl-].c1csc(-c2c[n+]3cccnc3[nH]2)c1. The van der Waals surface area contributed by atoms with Crippen LogP contribution in [0.2, 0.25) is 0 Å². The molecule has 0 aliphatic carbocycles. The lowest BCUT2D eigenvalue weighted by atomic mass is 10.4. The average Bonchev–Trinajstić information content (AvgIpc) is 2.86. The molecule has 3 aromatic rings. The summed E-state index contributed by atoms with van der Waals surface area (Å²) in [5, 5.41) is 2.07. The first-order valence-corrected chi connectivity index (χ1v) is 5.20. The molecule has 3 rings (SSSR count). The number of rotatable bonds is 1. The van der Waals surface area contributed by atoms with E-state index in [2.05, 4.69) is 21.4 Å². The highest BCUT2D eigenvalue weighted by Crippen LogP contribution is 2.21. The van der Waals surface area contributed by atoms with Crippen LogP contribution in [0.4, 0.5) is 0 Å². The first-order chi connectivity index (χ1) is 6.93. The highest BCUT2D eigenvalue weighted by Gasteiger charge is 2.09. The Kier molecular flexibility index (Phi) is 2.70. The van der Waals surface area contributed by atoms with Gasteiger partial charge in [-0.3, -0.25) is 0 Å². The van der Waals surface area contributed by atoms with Crippen LogP contribution in [-0.2, 0) is 0 Å². The molecule has 0 amide bonds. The molecule has 0 atom stereocenters. The summed E-state index contributed by atoms with van der Waals surface area (Å²) in [5.41, 5.74) is 1.11. The second-order valence-electron chi connectivity index (χ2n) is 3.00. The van der Waals surface area contributed by atoms with Crippen molar-refractivity contribution in [1.82, 2.24) is 9.97 Å². The number of H-pyrrole nitrogens is 1. The number of hydrogen-bond acceptors (Lipinski definition) is 2. The third kappa shape index (κ3) is 1.73. The summed E-state index contributed by atoms with van der Waals surface area (Å²) < 4.78 is 1.98. The first-order valence-electron chi connectivity index (χ1n) is 4.32. The minimum atomic E-state index is 0. The van der Waals surface area contributed by atoms with Gasteiger partial charge in [-0.25, -0.2) is 9.38 Å². The molecule has 3 heterocycles. The van der Waals surface area contributed by atoms with E-state index in [4.69, 9.17) is 0 Å². The number of hydrogen-bond donors (Lipinski definition) is 1. The average molecular weight is 238 g/mol. The predicted molar refractivity (Wildman–Crippen MR) is 55.1 cm³/mol. The Bertz CT molecular complexity index is 526. The maximum absolute atomic E-state index is 4.22. The third-order valence-electron chi connectivity index (χ3n) is 2.08. The quantitative estimate of drug-likeness (QED) is 0.535. The number of fused-ring (bicyclic) bond motifs is 1. The summed E-state index contributed by atoms with van der Waals surface area (Å²) in [6.07, 6.45) is 5.81. The molecule has 0 aromatic carbocycles. The van der Waals surface area contributed by atoms with Gasteiger partial charge in [0.15, 0.2) is 0 Å². The topological polar surface area (TPSA) is 32.8 Å². The summed E-state index contributed by atoms with van der Waals surface area (Å²) >= 11 is 1.72. The van der Waals surface area contributed by atoms with Gasteiger partial charge in [0.25, 0.3) is 0 Å². The van der Waals surface area contributed by atoms with Gasteiger partial charge in [0, 0.05) is 6.07 Å². The summed E-state index contributed by atoms with van der Waals surface area (Å²) in [4.78, 5) is 8.72. The number of nitrogens with zero attached hydrogens (tertiary/aromatic N) is 2. The molecule has 3 aromatic heterocycles. The molecule has 0 radical (unpaired) electrons. The lowest BCUT2D eigenvalue weighted by Crippen LogP contribution is -3.00. The third-order valence-corrected chi connectivity index (χ3v) is 2.98. The molecule has 0 unspecified atom stereocenters. The maximum atomic E-state index is 4.22. The molecule has 0 saturated heterocycles. The van der Waals surface area contributed by atoms with Crippen molar-refractivity contribution < 1.29 is 16.8 Å². The van der Waals surface area contributed by atoms with Gasteiger partial charge in [-0.15, -0.1) is 11.3 Å². The number of aromatic nitrogens is 3. The van der Waals surface area contributed by atoms with Crippen molar-refractivity contribution in [3.8, 4) is 10.6 Å². The van der Waals surface area contributed by atoms with Gasteiger partial charge in [0.05, 0.1) is 11.1 Å². The Balaban J connectivity index is 0.000000853. The summed E-state index contributed by atoms with van der Waals surface area (Å²) in [6.45, 7) is 0. The minimum Gasteiger partial charge on any atom is -1.00 e. The van der Waals surface area contributed by atoms with Crippen molar-refractivity contribution in [1.29, 1.82) is 0 Å². The molecule has 1 N–H and O–H groups in total. The smallest absolute Gasteiger partial charge is 0.401 e. The molecule has 0 bridgehead atoms. The molecule has 0 aliphatic heterocycles.